The number of anilines is 2. The maximum absolute atomic E-state index is 8.81. The van der Waals surface area contributed by atoms with Crippen LogP contribution in [-0.2, 0) is 0 Å². The average molecular weight is 268 g/mol. The molecule has 0 saturated heterocycles. The van der Waals surface area contributed by atoms with Gasteiger partial charge >= 0.3 is 0 Å². The molecule has 100 valence electrons. The number of ether oxygens (including phenoxy) is 2. The van der Waals surface area contributed by atoms with Crippen molar-refractivity contribution in [2.75, 3.05) is 18.5 Å². The molecule has 2 aromatic rings. The summed E-state index contributed by atoms with van der Waals surface area (Å²) in [5.74, 6) is 1.81. The summed E-state index contributed by atoms with van der Waals surface area (Å²) in [5, 5.41) is 11.9. The van der Waals surface area contributed by atoms with Gasteiger partial charge in [-0.2, -0.15) is 5.26 Å². The highest BCUT2D eigenvalue weighted by molar-refractivity contribution is 5.60. The second kappa shape index (κ2) is 5.45. The normalized spacial score (nSPS) is 13.2. The monoisotopic (exact) mass is 268 g/mol. The van der Waals surface area contributed by atoms with Gasteiger partial charge in [0, 0.05) is 24.4 Å². The molecular weight excluding hydrogens is 256 g/mol. The van der Waals surface area contributed by atoms with Crippen LogP contribution in [0.1, 0.15) is 12.1 Å². The first-order chi connectivity index (χ1) is 9.85. The molecule has 1 aromatic heterocycles. The van der Waals surface area contributed by atoms with E-state index in [-0.39, 0.29) is 0 Å². The van der Waals surface area contributed by atoms with Gasteiger partial charge in [0.25, 0.3) is 0 Å². The van der Waals surface area contributed by atoms with Crippen molar-refractivity contribution in [3.05, 3.63) is 36.2 Å². The largest absolute Gasteiger partial charge is 0.490 e. The molecule has 20 heavy (non-hydrogen) atoms. The molecule has 0 atom stereocenters. The predicted octanol–water partition coefficient (Wildman–Crippen LogP) is 2.25. The fourth-order valence-electron chi connectivity index (χ4n) is 1.85. The Kier molecular flexibility index (Phi) is 3.33. The summed E-state index contributed by atoms with van der Waals surface area (Å²) < 4.78 is 11.2. The number of benzene rings is 1. The van der Waals surface area contributed by atoms with Crippen LogP contribution in [0.2, 0.25) is 0 Å². The summed E-state index contributed by atoms with van der Waals surface area (Å²) in [6.45, 7) is 1.30. The molecule has 3 rings (SSSR count). The Morgan fingerprint density at radius 2 is 2.00 bits per heavy atom. The highest BCUT2D eigenvalue weighted by Crippen LogP contribution is 2.32. The molecule has 0 radical (unpaired) electrons. The van der Waals surface area contributed by atoms with Crippen LogP contribution in [0.25, 0.3) is 0 Å². The number of hydrogen-bond donors (Lipinski definition) is 1. The van der Waals surface area contributed by atoms with Gasteiger partial charge in [0.15, 0.2) is 11.5 Å². The van der Waals surface area contributed by atoms with Crippen molar-refractivity contribution in [3.63, 3.8) is 0 Å². The Bertz CT molecular complexity index is 666. The van der Waals surface area contributed by atoms with E-state index in [0.29, 0.717) is 30.6 Å². The molecule has 2 heterocycles. The van der Waals surface area contributed by atoms with Gasteiger partial charge < -0.3 is 14.8 Å². The minimum atomic E-state index is 0.317. The smallest absolute Gasteiger partial charge is 0.228 e. The summed E-state index contributed by atoms with van der Waals surface area (Å²) in [6, 6.07) is 9.07. The molecule has 0 spiro atoms. The second-order valence-corrected chi connectivity index (χ2v) is 4.21. The average Bonchev–Trinajstić information content (AvgIpc) is 2.72. The predicted molar refractivity (Wildman–Crippen MR) is 72.1 cm³/mol. The van der Waals surface area contributed by atoms with Crippen molar-refractivity contribution in [1.29, 1.82) is 5.26 Å². The van der Waals surface area contributed by atoms with Gasteiger partial charge in [0.05, 0.1) is 13.2 Å². The molecule has 0 aliphatic carbocycles. The summed E-state index contributed by atoms with van der Waals surface area (Å²) in [4.78, 5) is 8.13. The summed E-state index contributed by atoms with van der Waals surface area (Å²) in [7, 11) is 0. The van der Waals surface area contributed by atoms with Gasteiger partial charge in [-0.25, -0.2) is 9.97 Å². The van der Waals surface area contributed by atoms with Crippen molar-refractivity contribution >= 4 is 11.6 Å². The zero-order valence-corrected chi connectivity index (χ0v) is 10.7. The quantitative estimate of drug-likeness (QED) is 0.899. The first-order valence-electron chi connectivity index (χ1n) is 6.25. The molecule has 6 nitrogen and oxygen atoms in total. The van der Waals surface area contributed by atoms with Crippen LogP contribution in [0, 0.1) is 11.3 Å². The van der Waals surface area contributed by atoms with Crippen LogP contribution < -0.4 is 14.8 Å². The van der Waals surface area contributed by atoms with Crippen LogP contribution in [0.3, 0.4) is 0 Å². The van der Waals surface area contributed by atoms with Gasteiger partial charge in [-0.1, -0.05) is 0 Å². The third kappa shape index (κ3) is 2.62. The third-order valence-corrected chi connectivity index (χ3v) is 2.77. The molecule has 1 aliphatic heterocycles. The van der Waals surface area contributed by atoms with E-state index in [4.69, 9.17) is 14.7 Å². The van der Waals surface area contributed by atoms with E-state index in [9.17, 15) is 0 Å². The lowest BCUT2D eigenvalue weighted by molar-refractivity contribution is 0.297. The molecule has 0 unspecified atom stereocenters. The fraction of sp³-hybridized carbons (Fsp3) is 0.214. The minimum absolute atomic E-state index is 0.317. The van der Waals surface area contributed by atoms with E-state index < -0.39 is 0 Å². The van der Waals surface area contributed by atoms with E-state index in [0.717, 1.165) is 17.9 Å². The highest BCUT2D eigenvalue weighted by atomic mass is 16.5. The van der Waals surface area contributed by atoms with Crippen molar-refractivity contribution in [1.82, 2.24) is 9.97 Å². The van der Waals surface area contributed by atoms with Crippen molar-refractivity contribution in [2.24, 2.45) is 0 Å². The van der Waals surface area contributed by atoms with Crippen LogP contribution in [0.5, 0.6) is 11.5 Å². The maximum atomic E-state index is 8.81. The van der Waals surface area contributed by atoms with Gasteiger partial charge in [-0.15, -0.1) is 0 Å². The first-order valence-corrected chi connectivity index (χ1v) is 6.25. The fourth-order valence-corrected chi connectivity index (χ4v) is 1.85. The minimum Gasteiger partial charge on any atom is -0.490 e. The van der Waals surface area contributed by atoms with E-state index in [1.54, 1.807) is 6.07 Å². The molecule has 0 saturated carbocycles. The topological polar surface area (TPSA) is 80.1 Å². The van der Waals surface area contributed by atoms with Crippen molar-refractivity contribution in [3.8, 4) is 17.6 Å². The van der Waals surface area contributed by atoms with Crippen molar-refractivity contribution in [2.45, 2.75) is 6.42 Å². The third-order valence-electron chi connectivity index (χ3n) is 2.77. The standard InChI is InChI=1S/C14H12N4O2/c15-9-11-4-5-16-14(18-11)17-10-2-3-12-13(8-10)20-7-1-6-19-12/h2-5,8H,1,6-7H2,(H,16,17,18). The zero-order chi connectivity index (χ0) is 13.8. The second-order valence-electron chi connectivity index (χ2n) is 4.21. The van der Waals surface area contributed by atoms with E-state index in [2.05, 4.69) is 15.3 Å². The van der Waals surface area contributed by atoms with E-state index in [1.807, 2.05) is 24.3 Å². The molecular formula is C14H12N4O2. The maximum Gasteiger partial charge on any atom is 0.228 e. The van der Waals surface area contributed by atoms with Gasteiger partial charge in [-0.3, -0.25) is 0 Å². The Labute approximate surface area is 116 Å². The SMILES string of the molecule is N#Cc1ccnc(Nc2ccc3c(c2)OCCCO3)n1. The Morgan fingerprint density at radius 1 is 1.15 bits per heavy atom. The Hall–Kier alpha value is -2.81. The number of hydrogen-bond acceptors (Lipinski definition) is 6. The van der Waals surface area contributed by atoms with Crippen LogP contribution in [0.4, 0.5) is 11.6 Å². The number of fused-ring (bicyclic) bond motifs is 1. The van der Waals surface area contributed by atoms with Gasteiger partial charge in [0.1, 0.15) is 11.8 Å². The lowest BCUT2D eigenvalue weighted by Gasteiger charge is -2.10. The number of nitrogens with zero attached hydrogens (tertiary/aromatic N) is 3. The molecule has 6 heteroatoms. The molecule has 1 aliphatic rings. The zero-order valence-electron chi connectivity index (χ0n) is 10.7. The Morgan fingerprint density at radius 3 is 2.85 bits per heavy atom. The molecule has 1 N–H and O–H groups in total. The molecule has 1 aromatic carbocycles. The van der Waals surface area contributed by atoms with E-state index >= 15 is 0 Å². The molecule has 0 bridgehead atoms. The van der Waals surface area contributed by atoms with Crippen LogP contribution >= 0.6 is 0 Å². The Balaban J connectivity index is 1.84. The first kappa shape index (κ1) is 12.2. The molecule has 0 fully saturated rings. The lowest BCUT2D eigenvalue weighted by atomic mass is 10.3. The lowest BCUT2D eigenvalue weighted by Crippen LogP contribution is -1.99. The number of rotatable bonds is 2. The van der Waals surface area contributed by atoms with Gasteiger partial charge in [0.2, 0.25) is 5.95 Å². The summed E-state index contributed by atoms with van der Waals surface area (Å²) in [5.41, 5.74) is 1.10. The highest BCUT2D eigenvalue weighted by Gasteiger charge is 2.11. The van der Waals surface area contributed by atoms with Crippen LogP contribution in [0.15, 0.2) is 30.5 Å². The summed E-state index contributed by atoms with van der Waals surface area (Å²) >= 11 is 0. The van der Waals surface area contributed by atoms with Gasteiger partial charge in [-0.05, 0) is 18.2 Å². The van der Waals surface area contributed by atoms with Crippen LogP contribution in [-0.4, -0.2) is 23.2 Å². The number of nitrogens with one attached hydrogen (secondary N) is 1. The van der Waals surface area contributed by atoms with E-state index in [1.165, 1.54) is 6.20 Å². The molecule has 0 amide bonds. The van der Waals surface area contributed by atoms with Crippen molar-refractivity contribution < 1.29 is 9.47 Å². The number of aromatic nitrogens is 2. The summed E-state index contributed by atoms with van der Waals surface area (Å²) in [6.07, 6.45) is 2.40. The number of nitriles is 1.